The highest BCUT2D eigenvalue weighted by molar-refractivity contribution is 6.30. The van der Waals surface area contributed by atoms with Gasteiger partial charge in [0.05, 0.1) is 39.6 Å². The molecule has 2 aromatic carbocycles. The lowest BCUT2D eigenvalue weighted by molar-refractivity contribution is -0.0282. The maximum Gasteiger partial charge on any atom is 0.322 e. The zero-order valence-electron chi connectivity index (χ0n) is 20.5. The quantitative estimate of drug-likeness (QED) is 0.580. The van der Waals surface area contributed by atoms with Crippen molar-refractivity contribution in [2.24, 2.45) is 0 Å². The number of halogens is 1. The van der Waals surface area contributed by atoms with E-state index in [9.17, 15) is 9.59 Å². The predicted molar refractivity (Wildman–Crippen MR) is 138 cm³/mol. The summed E-state index contributed by atoms with van der Waals surface area (Å²) in [7, 11) is 1.60. The van der Waals surface area contributed by atoms with E-state index in [4.69, 9.17) is 25.8 Å². The van der Waals surface area contributed by atoms with Crippen molar-refractivity contribution >= 4 is 29.2 Å². The van der Waals surface area contributed by atoms with E-state index in [0.717, 1.165) is 19.6 Å². The van der Waals surface area contributed by atoms with Crippen LogP contribution in [0.4, 0.5) is 10.5 Å². The number of nitrogens with one attached hydrogen (secondary N) is 1. The van der Waals surface area contributed by atoms with Crippen molar-refractivity contribution in [1.29, 1.82) is 0 Å². The minimum absolute atomic E-state index is 0.0741. The Labute approximate surface area is 216 Å². The number of rotatable bonds is 8. The highest BCUT2D eigenvalue weighted by Gasteiger charge is 2.28. The molecule has 1 N–H and O–H groups in total. The lowest BCUT2D eigenvalue weighted by Crippen LogP contribution is -2.52. The summed E-state index contributed by atoms with van der Waals surface area (Å²) in [6.45, 7) is 6.06. The fourth-order valence-electron chi connectivity index (χ4n) is 4.31. The second-order valence-corrected chi connectivity index (χ2v) is 9.25. The Morgan fingerprint density at radius 2 is 1.89 bits per heavy atom. The fraction of sp³-hybridized carbons (Fsp3) is 0.462. The standard InChI is InChI=1S/C26H33ClN4O5/c1-34-23-7-5-20(6-8-23)25(32)30(10-9-29-11-14-35-15-12-29)18-24-19-31(13-16-36-24)26(33)28-22-4-2-3-21(27)17-22/h2-8,17,24H,9-16,18-19H2,1H3,(H,28,33)/t24-/m0/s1. The molecule has 2 aliphatic rings. The van der Waals surface area contributed by atoms with Gasteiger partial charge < -0.3 is 29.3 Å². The zero-order valence-corrected chi connectivity index (χ0v) is 21.3. The van der Waals surface area contributed by atoms with E-state index in [2.05, 4.69) is 10.2 Å². The van der Waals surface area contributed by atoms with Gasteiger partial charge in [-0.3, -0.25) is 9.69 Å². The number of carbonyl (C=O) groups excluding carboxylic acids is 2. The van der Waals surface area contributed by atoms with Crippen LogP contribution in [0.25, 0.3) is 0 Å². The molecule has 10 heteroatoms. The number of ether oxygens (including phenoxy) is 3. The van der Waals surface area contributed by atoms with Crippen LogP contribution in [-0.4, -0.2) is 105 Å². The number of anilines is 1. The molecule has 4 rings (SSSR count). The smallest absolute Gasteiger partial charge is 0.322 e. The van der Waals surface area contributed by atoms with Crippen LogP contribution in [-0.2, 0) is 9.47 Å². The number of hydrogen-bond acceptors (Lipinski definition) is 6. The number of nitrogens with zero attached hydrogens (tertiary/aromatic N) is 3. The fourth-order valence-corrected chi connectivity index (χ4v) is 4.50. The van der Waals surface area contributed by atoms with Crippen molar-refractivity contribution in [3.05, 3.63) is 59.1 Å². The molecule has 0 saturated carbocycles. The average Bonchev–Trinajstić information content (AvgIpc) is 2.91. The number of carbonyl (C=O) groups is 2. The maximum absolute atomic E-state index is 13.5. The second-order valence-electron chi connectivity index (χ2n) is 8.81. The van der Waals surface area contributed by atoms with Crippen LogP contribution < -0.4 is 10.1 Å². The number of hydrogen-bond donors (Lipinski definition) is 1. The van der Waals surface area contributed by atoms with E-state index in [-0.39, 0.29) is 18.0 Å². The lowest BCUT2D eigenvalue weighted by atomic mass is 10.1. The van der Waals surface area contributed by atoms with Crippen molar-refractivity contribution in [2.45, 2.75) is 6.10 Å². The van der Waals surface area contributed by atoms with Gasteiger partial charge in [0.2, 0.25) is 0 Å². The van der Waals surface area contributed by atoms with Gasteiger partial charge in [-0.15, -0.1) is 0 Å². The normalized spacial score (nSPS) is 18.5. The molecule has 0 radical (unpaired) electrons. The molecule has 3 amide bonds. The minimum Gasteiger partial charge on any atom is -0.497 e. The van der Waals surface area contributed by atoms with Gasteiger partial charge in [0, 0.05) is 55.5 Å². The monoisotopic (exact) mass is 516 g/mol. The van der Waals surface area contributed by atoms with Gasteiger partial charge in [-0.2, -0.15) is 0 Å². The third kappa shape index (κ3) is 7.33. The van der Waals surface area contributed by atoms with Crippen molar-refractivity contribution in [1.82, 2.24) is 14.7 Å². The Hall–Kier alpha value is -2.85. The molecule has 36 heavy (non-hydrogen) atoms. The van der Waals surface area contributed by atoms with E-state index < -0.39 is 0 Å². The summed E-state index contributed by atoms with van der Waals surface area (Å²) in [6, 6.07) is 13.9. The highest BCUT2D eigenvalue weighted by atomic mass is 35.5. The zero-order chi connectivity index (χ0) is 25.3. The first-order chi connectivity index (χ1) is 17.5. The van der Waals surface area contributed by atoms with Crippen molar-refractivity contribution < 1.29 is 23.8 Å². The van der Waals surface area contributed by atoms with E-state index >= 15 is 0 Å². The molecule has 194 valence electrons. The molecule has 2 aliphatic heterocycles. The molecule has 2 fully saturated rings. The van der Waals surface area contributed by atoms with Crippen molar-refractivity contribution in [3.8, 4) is 5.75 Å². The predicted octanol–water partition coefficient (Wildman–Crippen LogP) is 3.06. The molecule has 2 heterocycles. The summed E-state index contributed by atoms with van der Waals surface area (Å²) in [5.41, 5.74) is 1.22. The Morgan fingerprint density at radius 3 is 2.61 bits per heavy atom. The Balaban J connectivity index is 1.40. The molecular formula is C26H33ClN4O5. The van der Waals surface area contributed by atoms with Crippen LogP contribution in [0.15, 0.2) is 48.5 Å². The van der Waals surface area contributed by atoms with Crippen LogP contribution in [0.5, 0.6) is 5.75 Å². The first-order valence-electron chi connectivity index (χ1n) is 12.2. The summed E-state index contributed by atoms with van der Waals surface area (Å²) >= 11 is 6.04. The summed E-state index contributed by atoms with van der Waals surface area (Å²) in [5.74, 6) is 0.624. The molecule has 1 atom stereocenters. The Bertz CT molecular complexity index is 1020. The number of benzene rings is 2. The van der Waals surface area contributed by atoms with Gasteiger partial charge in [0.25, 0.3) is 5.91 Å². The van der Waals surface area contributed by atoms with Gasteiger partial charge >= 0.3 is 6.03 Å². The third-order valence-electron chi connectivity index (χ3n) is 6.34. The minimum atomic E-state index is -0.296. The van der Waals surface area contributed by atoms with Gasteiger partial charge in [0.1, 0.15) is 5.75 Å². The molecule has 2 saturated heterocycles. The summed E-state index contributed by atoms with van der Waals surface area (Å²) in [6.07, 6.45) is -0.296. The van der Waals surface area contributed by atoms with Crippen molar-refractivity contribution in [2.75, 3.05) is 78.1 Å². The van der Waals surface area contributed by atoms with E-state index in [1.807, 2.05) is 4.90 Å². The first kappa shape index (κ1) is 26.2. The van der Waals surface area contributed by atoms with Crippen LogP contribution in [0.1, 0.15) is 10.4 Å². The molecule has 2 aromatic rings. The van der Waals surface area contributed by atoms with Crippen LogP contribution >= 0.6 is 11.6 Å². The average molecular weight is 517 g/mol. The number of urea groups is 1. The molecule has 0 spiro atoms. The number of amides is 3. The van der Waals surface area contributed by atoms with Gasteiger partial charge in [-0.05, 0) is 42.5 Å². The van der Waals surface area contributed by atoms with Crippen molar-refractivity contribution in [3.63, 3.8) is 0 Å². The summed E-state index contributed by atoms with van der Waals surface area (Å²) in [5, 5.41) is 3.45. The lowest BCUT2D eigenvalue weighted by Gasteiger charge is -2.36. The Morgan fingerprint density at radius 1 is 1.11 bits per heavy atom. The van der Waals surface area contributed by atoms with E-state index in [0.29, 0.717) is 68.0 Å². The van der Waals surface area contributed by atoms with Gasteiger partial charge in [-0.1, -0.05) is 17.7 Å². The third-order valence-corrected chi connectivity index (χ3v) is 6.58. The van der Waals surface area contributed by atoms with E-state index in [1.165, 1.54) is 0 Å². The summed E-state index contributed by atoms with van der Waals surface area (Å²) < 4.78 is 16.7. The number of morpholine rings is 2. The van der Waals surface area contributed by atoms with Gasteiger partial charge in [-0.25, -0.2) is 4.79 Å². The molecule has 9 nitrogen and oxygen atoms in total. The van der Waals surface area contributed by atoms with Gasteiger partial charge in [0.15, 0.2) is 0 Å². The molecule has 0 bridgehead atoms. The molecular weight excluding hydrogens is 484 g/mol. The van der Waals surface area contributed by atoms with Crippen LogP contribution in [0, 0.1) is 0 Å². The number of methoxy groups -OCH3 is 1. The first-order valence-corrected chi connectivity index (χ1v) is 12.6. The Kier molecular flexibility index (Phi) is 9.41. The second kappa shape index (κ2) is 12.9. The molecule has 0 aliphatic carbocycles. The highest BCUT2D eigenvalue weighted by Crippen LogP contribution is 2.18. The molecule has 0 unspecified atom stereocenters. The van der Waals surface area contributed by atoms with Crippen LogP contribution in [0.2, 0.25) is 5.02 Å². The topological polar surface area (TPSA) is 83.6 Å². The van der Waals surface area contributed by atoms with E-state index in [1.54, 1.807) is 60.5 Å². The molecule has 0 aromatic heterocycles. The maximum atomic E-state index is 13.5. The van der Waals surface area contributed by atoms with Crippen LogP contribution in [0.3, 0.4) is 0 Å². The largest absolute Gasteiger partial charge is 0.497 e. The SMILES string of the molecule is COc1ccc(C(=O)N(CCN2CCOCC2)C[C@H]2CN(C(=O)Nc3cccc(Cl)c3)CCO2)cc1. The summed E-state index contributed by atoms with van der Waals surface area (Å²) in [4.78, 5) is 32.2.